The molecule has 0 heterocycles. The summed E-state index contributed by atoms with van der Waals surface area (Å²) < 4.78 is 22.7. The number of carboxylic acid groups (broad SMARTS) is 1. The van der Waals surface area contributed by atoms with Crippen molar-refractivity contribution in [3.63, 3.8) is 0 Å². The molecule has 412 valence electrons. The number of esters is 2. The maximum atomic E-state index is 12.9. The lowest BCUT2D eigenvalue weighted by atomic mass is 10.0. The summed E-state index contributed by atoms with van der Waals surface area (Å²) in [5.74, 6) is -2.27. The van der Waals surface area contributed by atoms with Gasteiger partial charge in [0.2, 0.25) is 0 Å². The zero-order valence-electron chi connectivity index (χ0n) is 46.8. The minimum Gasteiger partial charge on any atom is -0.545 e. The lowest BCUT2D eigenvalue weighted by Crippen LogP contribution is -2.44. The Labute approximate surface area is 437 Å². The Morgan fingerprint density at radius 1 is 0.437 bits per heavy atom. The average molecular weight is 999 g/mol. The number of nitrogens with zero attached hydrogens (tertiary/aromatic N) is 1. The number of hydrogen-bond acceptors (Lipinski definition) is 8. The molecule has 0 aromatic heterocycles. The molecule has 9 heteroatoms. The normalized spacial score (nSPS) is 13.2. The van der Waals surface area contributed by atoms with Gasteiger partial charge in [-0.1, -0.05) is 248 Å². The first-order chi connectivity index (χ1) is 34.6. The molecule has 0 N–H and O–H groups in total. The van der Waals surface area contributed by atoms with Gasteiger partial charge in [-0.3, -0.25) is 9.59 Å². The summed E-state index contributed by atoms with van der Waals surface area (Å²) in [6.45, 7) is 4.65. The SMILES string of the molecule is CC/C=C\C/C=C\C/C=C\C/C=C\C/C=C\CCCCCCCCCCCCCCCCCCCC(=O)OC(COC(=O)CCCCCCCCCCCCCCC)COC(OCC[N+](C)(C)C)C(=O)[O-]. The van der Waals surface area contributed by atoms with Gasteiger partial charge in [0.25, 0.3) is 0 Å². The molecule has 0 spiro atoms. The van der Waals surface area contributed by atoms with E-state index in [0.717, 1.165) is 64.2 Å². The number of aliphatic carboxylic acids is 1. The van der Waals surface area contributed by atoms with E-state index >= 15 is 0 Å². The van der Waals surface area contributed by atoms with Crippen LogP contribution in [-0.4, -0.2) is 82.3 Å². The number of allylic oxidation sites excluding steroid dienone is 10. The van der Waals surface area contributed by atoms with E-state index in [9.17, 15) is 19.5 Å². The molecule has 71 heavy (non-hydrogen) atoms. The predicted molar refractivity (Wildman–Crippen MR) is 297 cm³/mol. The fourth-order valence-corrected chi connectivity index (χ4v) is 8.27. The van der Waals surface area contributed by atoms with E-state index < -0.39 is 24.3 Å². The second-order valence-electron chi connectivity index (χ2n) is 20.9. The summed E-state index contributed by atoms with van der Waals surface area (Å²) >= 11 is 0. The van der Waals surface area contributed by atoms with Gasteiger partial charge in [0.1, 0.15) is 13.2 Å². The predicted octanol–water partition coefficient (Wildman–Crippen LogP) is 15.9. The first-order valence-electron chi connectivity index (χ1n) is 29.4. The van der Waals surface area contributed by atoms with Gasteiger partial charge in [-0.25, -0.2) is 0 Å². The third kappa shape index (κ3) is 54.6. The molecule has 0 aliphatic carbocycles. The van der Waals surface area contributed by atoms with Gasteiger partial charge in [-0.05, 0) is 57.8 Å². The summed E-state index contributed by atoms with van der Waals surface area (Å²) in [6.07, 6.45) is 64.2. The molecule has 0 aliphatic rings. The van der Waals surface area contributed by atoms with Crippen LogP contribution in [0.3, 0.4) is 0 Å². The highest BCUT2D eigenvalue weighted by Gasteiger charge is 2.22. The second kappa shape index (κ2) is 53.3. The van der Waals surface area contributed by atoms with Crippen LogP contribution in [-0.2, 0) is 33.3 Å². The molecule has 0 aromatic carbocycles. The highest BCUT2D eigenvalue weighted by atomic mass is 16.7. The van der Waals surface area contributed by atoms with Crippen molar-refractivity contribution in [2.45, 2.75) is 270 Å². The summed E-state index contributed by atoms with van der Waals surface area (Å²) in [5, 5.41) is 11.8. The van der Waals surface area contributed by atoms with Crippen molar-refractivity contribution in [1.82, 2.24) is 0 Å². The van der Waals surface area contributed by atoms with E-state index in [0.29, 0.717) is 23.9 Å². The maximum absolute atomic E-state index is 12.9. The quantitative estimate of drug-likeness (QED) is 0.0195. The summed E-state index contributed by atoms with van der Waals surface area (Å²) in [4.78, 5) is 37.2. The molecule has 2 atom stereocenters. The van der Waals surface area contributed by atoms with Crippen LogP contribution in [0, 0.1) is 0 Å². The Morgan fingerprint density at radius 2 is 0.803 bits per heavy atom. The van der Waals surface area contributed by atoms with Crippen LogP contribution in [0.4, 0.5) is 0 Å². The van der Waals surface area contributed by atoms with Crippen molar-refractivity contribution in [2.24, 2.45) is 0 Å². The van der Waals surface area contributed by atoms with Crippen molar-refractivity contribution >= 4 is 17.9 Å². The van der Waals surface area contributed by atoms with Crippen LogP contribution in [0.1, 0.15) is 258 Å². The number of rotatable bonds is 54. The van der Waals surface area contributed by atoms with Gasteiger partial charge in [0.15, 0.2) is 12.4 Å². The highest BCUT2D eigenvalue weighted by Crippen LogP contribution is 2.17. The molecule has 0 saturated carbocycles. The molecule has 9 nitrogen and oxygen atoms in total. The van der Waals surface area contributed by atoms with Crippen LogP contribution in [0.25, 0.3) is 0 Å². The van der Waals surface area contributed by atoms with Gasteiger partial charge in [-0.15, -0.1) is 0 Å². The summed E-state index contributed by atoms with van der Waals surface area (Å²) in [7, 11) is 5.92. The number of carbonyl (C=O) groups excluding carboxylic acids is 3. The van der Waals surface area contributed by atoms with E-state index in [1.807, 2.05) is 21.1 Å². The number of hydrogen-bond donors (Lipinski definition) is 0. The number of carbonyl (C=O) groups is 3. The summed E-state index contributed by atoms with van der Waals surface area (Å²) in [5.41, 5.74) is 0. The van der Waals surface area contributed by atoms with Crippen LogP contribution in [0.2, 0.25) is 0 Å². The lowest BCUT2D eigenvalue weighted by Gasteiger charge is -2.26. The largest absolute Gasteiger partial charge is 0.545 e. The molecule has 0 radical (unpaired) electrons. The van der Waals surface area contributed by atoms with Crippen molar-refractivity contribution in [2.75, 3.05) is 47.5 Å². The van der Waals surface area contributed by atoms with Crippen LogP contribution >= 0.6 is 0 Å². The van der Waals surface area contributed by atoms with Crippen molar-refractivity contribution < 1.29 is 42.9 Å². The zero-order valence-corrected chi connectivity index (χ0v) is 46.8. The van der Waals surface area contributed by atoms with E-state index in [2.05, 4.69) is 74.6 Å². The van der Waals surface area contributed by atoms with Crippen molar-refractivity contribution in [3.8, 4) is 0 Å². The smallest absolute Gasteiger partial charge is 0.306 e. The number of unbranched alkanes of at least 4 members (excludes halogenated alkanes) is 29. The third-order valence-electron chi connectivity index (χ3n) is 12.8. The number of likely N-dealkylation sites (N-methyl/N-ethyl adjacent to an activating group) is 1. The monoisotopic (exact) mass is 998 g/mol. The van der Waals surface area contributed by atoms with Crippen molar-refractivity contribution in [3.05, 3.63) is 60.8 Å². The Morgan fingerprint density at radius 3 is 1.20 bits per heavy atom. The van der Waals surface area contributed by atoms with Crippen LogP contribution in [0.15, 0.2) is 60.8 Å². The topological polar surface area (TPSA) is 111 Å². The molecule has 0 rings (SSSR count). The maximum Gasteiger partial charge on any atom is 0.306 e. The summed E-state index contributed by atoms with van der Waals surface area (Å²) in [6, 6.07) is 0. The Kier molecular flexibility index (Phi) is 51.0. The minimum absolute atomic E-state index is 0.149. The first-order valence-corrected chi connectivity index (χ1v) is 29.4. The lowest BCUT2D eigenvalue weighted by molar-refractivity contribution is -0.870. The Hall–Kier alpha value is -3.01. The zero-order chi connectivity index (χ0) is 52.0. The van der Waals surface area contributed by atoms with Crippen molar-refractivity contribution in [1.29, 1.82) is 0 Å². The second-order valence-corrected chi connectivity index (χ2v) is 20.9. The minimum atomic E-state index is -1.62. The van der Waals surface area contributed by atoms with E-state index in [4.69, 9.17) is 18.9 Å². The first kappa shape index (κ1) is 68.0. The van der Waals surface area contributed by atoms with Gasteiger partial charge in [0.05, 0.1) is 40.3 Å². The molecule has 2 unspecified atom stereocenters. The Balaban J connectivity index is 4.08. The van der Waals surface area contributed by atoms with Gasteiger partial charge >= 0.3 is 11.9 Å². The molecule has 0 bridgehead atoms. The molecule has 0 amide bonds. The fraction of sp³-hybridized carbons (Fsp3) is 0.790. The Bertz CT molecular complexity index is 1350. The van der Waals surface area contributed by atoms with Gasteiger partial charge in [-0.2, -0.15) is 0 Å². The molecular weight excluding hydrogens is 887 g/mol. The van der Waals surface area contributed by atoms with E-state index in [1.54, 1.807) is 0 Å². The number of carboxylic acids is 1. The molecule has 0 aromatic rings. The molecule has 0 saturated heterocycles. The van der Waals surface area contributed by atoms with Gasteiger partial charge < -0.3 is 33.3 Å². The van der Waals surface area contributed by atoms with E-state index in [-0.39, 0.29) is 32.2 Å². The van der Waals surface area contributed by atoms with Gasteiger partial charge in [0, 0.05) is 12.8 Å². The van der Waals surface area contributed by atoms with Crippen LogP contribution in [0.5, 0.6) is 0 Å². The fourth-order valence-electron chi connectivity index (χ4n) is 8.27. The standard InChI is InChI=1S/C62H111NO8/c1-6-8-10-12-14-16-18-20-21-22-23-24-25-26-27-28-29-30-31-32-33-34-35-36-37-38-39-41-43-45-47-49-51-53-60(65)71-58(57-70-62(61(66)67)68-55-54-63(3,4)5)56-69-59(64)52-50-48-46-44-42-40-19-17-15-13-11-9-7-2/h8,10,14,16,20-21,23-24,26-27,58,62H,6-7,9,11-13,15,17-19,22,25,28-57H2,1-5H3/b10-8-,16-14-,21-20-,24-23-,27-26-. The number of ether oxygens (including phenoxy) is 4. The molecule has 0 fully saturated rings. The molecular formula is C62H111NO8. The number of quaternary nitrogens is 1. The highest BCUT2D eigenvalue weighted by molar-refractivity contribution is 5.70. The average Bonchev–Trinajstić information content (AvgIpc) is 3.34. The van der Waals surface area contributed by atoms with Crippen LogP contribution < -0.4 is 5.11 Å². The van der Waals surface area contributed by atoms with E-state index in [1.165, 1.54) is 161 Å². The third-order valence-corrected chi connectivity index (χ3v) is 12.8. The molecule has 0 aliphatic heterocycles.